The zero-order valence-corrected chi connectivity index (χ0v) is 14.6. The number of imide groups is 2. The predicted molar refractivity (Wildman–Crippen MR) is 86.6 cm³/mol. The van der Waals surface area contributed by atoms with Crippen LogP contribution in [0.3, 0.4) is 0 Å². The SMILES string of the molecule is C[C@]1(c2ccc(Cl)cc2)NC(=O)N(CC(=O)NC(=O)NCC(F)(F)F)C1=O. The molecule has 3 N–H and O–H groups in total. The summed E-state index contributed by atoms with van der Waals surface area (Å²) in [6.45, 7) is -1.05. The van der Waals surface area contributed by atoms with Crippen LogP contribution in [0.2, 0.25) is 5.02 Å². The number of benzene rings is 1. The number of carbonyl (C=O) groups is 4. The van der Waals surface area contributed by atoms with Gasteiger partial charge in [0.1, 0.15) is 18.6 Å². The van der Waals surface area contributed by atoms with Crippen molar-refractivity contribution in [2.75, 3.05) is 13.1 Å². The lowest BCUT2D eigenvalue weighted by molar-refractivity contribution is -0.134. The van der Waals surface area contributed by atoms with Gasteiger partial charge in [-0.05, 0) is 24.6 Å². The molecule has 0 radical (unpaired) electrons. The van der Waals surface area contributed by atoms with Gasteiger partial charge in [-0.1, -0.05) is 23.7 Å². The van der Waals surface area contributed by atoms with Crippen LogP contribution < -0.4 is 16.0 Å². The molecule has 0 unspecified atom stereocenters. The molecule has 1 aliphatic heterocycles. The molecule has 0 aromatic heterocycles. The fraction of sp³-hybridized carbons (Fsp3) is 0.333. The van der Waals surface area contributed by atoms with E-state index in [2.05, 4.69) is 5.32 Å². The molecule has 0 aliphatic carbocycles. The number of alkyl halides is 3. The Bertz CT molecular complexity index is 784. The first-order valence-corrected chi connectivity index (χ1v) is 7.85. The third-order valence-electron chi connectivity index (χ3n) is 3.70. The highest BCUT2D eigenvalue weighted by atomic mass is 35.5. The number of urea groups is 2. The van der Waals surface area contributed by atoms with Crippen LogP contribution in [0, 0.1) is 0 Å². The summed E-state index contributed by atoms with van der Waals surface area (Å²) in [5, 5.41) is 5.90. The molecule has 1 heterocycles. The van der Waals surface area contributed by atoms with Crippen LogP contribution in [0.4, 0.5) is 22.8 Å². The first-order valence-electron chi connectivity index (χ1n) is 7.47. The van der Waals surface area contributed by atoms with Crippen molar-refractivity contribution in [2.24, 2.45) is 0 Å². The zero-order chi connectivity index (χ0) is 20.4. The number of hydrogen-bond donors (Lipinski definition) is 3. The summed E-state index contributed by atoms with van der Waals surface area (Å²) in [5.41, 5.74) is -1.04. The van der Waals surface area contributed by atoms with Gasteiger partial charge in [0.15, 0.2) is 0 Å². The summed E-state index contributed by atoms with van der Waals surface area (Å²) in [6, 6.07) is 3.79. The first-order chi connectivity index (χ1) is 12.4. The second kappa shape index (κ2) is 7.43. The molecule has 12 heteroatoms. The van der Waals surface area contributed by atoms with Crippen molar-refractivity contribution in [1.29, 1.82) is 0 Å². The minimum atomic E-state index is -4.65. The normalized spacial score (nSPS) is 19.7. The number of carbonyl (C=O) groups excluding carboxylic acids is 4. The summed E-state index contributed by atoms with van der Waals surface area (Å²) in [6.07, 6.45) is -4.65. The standard InChI is InChI=1S/C15H14ClF3N4O4/c1-14(8-2-4-9(16)5-3-8)11(25)23(13(27)22-14)6-10(24)21-12(26)20-7-15(17,18)19/h2-5H,6-7H2,1H3,(H,22,27)(H2,20,21,24,26)/t14-/m1/s1. The number of rotatable bonds is 4. The van der Waals surface area contributed by atoms with E-state index in [1.165, 1.54) is 36.5 Å². The fourth-order valence-corrected chi connectivity index (χ4v) is 2.48. The van der Waals surface area contributed by atoms with Crippen LogP contribution in [-0.2, 0) is 15.1 Å². The highest BCUT2D eigenvalue weighted by Crippen LogP contribution is 2.29. The van der Waals surface area contributed by atoms with Crippen molar-refractivity contribution < 1.29 is 32.3 Å². The molecule has 27 heavy (non-hydrogen) atoms. The lowest BCUT2D eigenvalue weighted by Crippen LogP contribution is -2.48. The maximum Gasteiger partial charge on any atom is 0.405 e. The van der Waals surface area contributed by atoms with Crippen molar-refractivity contribution in [3.8, 4) is 0 Å². The molecule has 6 amide bonds. The van der Waals surface area contributed by atoms with Crippen molar-refractivity contribution in [1.82, 2.24) is 20.9 Å². The van der Waals surface area contributed by atoms with E-state index in [0.29, 0.717) is 15.5 Å². The third-order valence-corrected chi connectivity index (χ3v) is 3.95. The molecule has 1 aromatic carbocycles. The number of halogens is 4. The van der Waals surface area contributed by atoms with E-state index >= 15 is 0 Å². The quantitative estimate of drug-likeness (QED) is 0.658. The Morgan fingerprint density at radius 2 is 1.81 bits per heavy atom. The van der Waals surface area contributed by atoms with E-state index in [1.807, 2.05) is 0 Å². The molecule has 8 nitrogen and oxygen atoms in total. The highest BCUT2D eigenvalue weighted by molar-refractivity contribution is 6.30. The minimum Gasteiger partial charge on any atom is -0.329 e. The largest absolute Gasteiger partial charge is 0.405 e. The van der Waals surface area contributed by atoms with E-state index in [9.17, 15) is 32.3 Å². The maximum absolute atomic E-state index is 12.6. The Morgan fingerprint density at radius 1 is 1.22 bits per heavy atom. The molecule has 0 spiro atoms. The second-order valence-corrected chi connectivity index (χ2v) is 6.24. The van der Waals surface area contributed by atoms with E-state index in [-0.39, 0.29) is 0 Å². The summed E-state index contributed by atoms with van der Waals surface area (Å²) in [5.74, 6) is -1.89. The van der Waals surface area contributed by atoms with Gasteiger partial charge in [-0.25, -0.2) is 9.59 Å². The molecule has 1 aliphatic rings. The van der Waals surface area contributed by atoms with Crippen molar-refractivity contribution in [2.45, 2.75) is 18.6 Å². The second-order valence-electron chi connectivity index (χ2n) is 5.80. The average molecular weight is 407 g/mol. The van der Waals surface area contributed by atoms with Gasteiger partial charge < -0.3 is 10.6 Å². The molecular weight excluding hydrogens is 393 g/mol. The van der Waals surface area contributed by atoms with Gasteiger partial charge in [0, 0.05) is 5.02 Å². The maximum atomic E-state index is 12.6. The predicted octanol–water partition coefficient (Wildman–Crippen LogP) is 1.50. The van der Waals surface area contributed by atoms with Crippen LogP contribution >= 0.6 is 11.6 Å². The van der Waals surface area contributed by atoms with Crippen LogP contribution in [-0.4, -0.2) is 48.0 Å². The third kappa shape index (κ3) is 4.88. The van der Waals surface area contributed by atoms with E-state index in [1.54, 1.807) is 5.32 Å². The monoisotopic (exact) mass is 406 g/mol. The molecule has 1 fully saturated rings. The van der Waals surface area contributed by atoms with Gasteiger partial charge in [-0.15, -0.1) is 0 Å². The van der Waals surface area contributed by atoms with Gasteiger partial charge in [-0.3, -0.25) is 19.8 Å². The fourth-order valence-electron chi connectivity index (χ4n) is 2.35. The highest BCUT2D eigenvalue weighted by Gasteiger charge is 2.49. The summed E-state index contributed by atoms with van der Waals surface area (Å²) in [7, 11) is 0. The van der Waals surface area contributed by atoms with E-state index < -0.39 is 48.7 Å². The summed E-state index contributed by atoms with van der Waals surface area (Å²) in [4.78, 5) is 48.2. The summed E-state index contributed by atoms with van der Waals surface area (Å²) < 4.78 is 36.0. The minimum absolute atomic E-state index is 0.413. The van der Waals surface area contributed by atoms with Gasteiger partial charge in [-0.2, -0.15) is 13.2 Å². The zero-order valence-electron chi connectivity index (χ0n) is 13.8. The van der Waals surface area contributed by atoms with Crippen LogP contribution in [0.15, 0.2) is 24.3 Å². The Hall–Kier alpha value is -2.82. The van der Waals surface area contributed by atoms with Crippen molar-refractivity contribution in [3.63, 3.8) is 0 Å². The summed E-state index contributed by atoms with van der Waals surface area (Å²) >= 11 is 5.78. The molecule has 1 atom stereocenters. The Balaban J connectivity index is 2.01. The van der Waals surface area contributed by atoms with Crippen LogP contribution in [0.1, 0.15) is 12.5 Å². The van der Waals surface area contributed by atoms with Crippen LogP contribution in [0.5, 0.6) is 0 Å². The van der Waals surface area contributed by atoms with E-state index in [0.717, 1.165) is 0 Å². The molecular formula is C15H14ClF3N4O4. The van der Waals surface area contributed by atoms with Crippen LogP contribution in [0.25, 0.3) is 0 Å². The van der Waals surface area contributed by atoms with Gasteiger partial charge in [0.25, 0.3) is 5.91 Å². The number of nitrogens with zero attached hydrogens (tertiary/aromatic N) is 1. The first kappa shape index (κ1) is 20.5. The smallest absolute Gasteiger partial charge is 0.329 e. The topological polar surface area (TPSA) is 108 Å². The van der Waals surface area contributed by atoms with Gasteiger partial charge in [0.2, 0.25) is 5.91 Å². The molecule has 146 valence electrons. The number of nitrogens with one attached hydrogen (secondary N) is 3. The average Bonchev–Trinajstić information content (AvgIpc) is 2.77. The molecule has 2 rings (SSSR count). The van der Waals surface area contributed by atoms with Crippen molar-refractivity contribution >= 4 is 35.5 Å². The molecule has 1 saturated heterocycles. The number of hydrogen-bond acceptors (Lipinski definition) is 4. The van der Waals surface area contributed by atoms with E-state index in [4.69, 9.17) is 11.6 Å². The molecule has 0 bridgehead atoms. The van der Waals surface area contributed by atoms with Gasteiger partial charge in [0.05, 0.1) is 0 Å². The lowest BCUT2D eigenvalue weighted by atomic mass is 9.92. The van der Waals surface area contributed by atoms with Crippen molar-refractivity contribution in [3.05, 3.63) is 34.9 Å². The number of amides is 6. The lowest BCUT2D eigenvalue weighted by Gasteiger charge is -2.22. The Morgan fingerprint density at radius 3 is 2.37 bits per heavy atom. The van der Waals surface area contributed by atoms with Gasteiger partial charge >= 0.3 is 18.2 Å². The molecule has 1 aromatic rings. The molecule has 0 saturated carbocycles. The Kier molecular flexibility index (Phi) is 5.64. The Labute approximate surface area is 156 Å².